The normalized spacial score (nSPS) is 10.7. The van der Waals surface area contributed by atoms with Gasteiger partial charge >= 0.3 is 0 Å². The topological polar surface area (TPSA) is 61.9 Å². The van der Waals surface area contributed by atoms with Gasteiger partial charge < -0.3 is 9.88 Å². The first kappa shape index (κ1) is 16.9. The Morgan fingerprint density at radius 1 is 1.12 bits per heavy atom. The quantitative estimate of drug-likeness (QED) is 0.778. The summed E-state index contributed by atoms with van der Waals surface area (Å²) >= 11 is 0. The number of carbonyl (C=O) groups is 1. The number of H-pyrrole nitrogens is 1. The number of carbonyl (C=O) groups excluding carboxylic acids is 1. The highest BCUT2D eigenvalue weighted by molar-refractivity contribution is 5.94. The van der Waals surface area contributed by atoms with E-state index in [1.807, 2.05) is 63.4 Å². The van der Waals surface area contributed by atoms with Crippen LogP contribution in [0.4, 0.5) is 0 Å². The Morgan fingerprint density at radius 2 is 1.88 bits per heavy atom. The summed E-state index contributed by atoms with van der Waals surface area (Å²) in [6.07, 6.45) is 2.52. The number of aromatic nitrogens is 3. The van der Waals surface area contributed by atoms with Gasteiger partial charge in [-0.3, -0.25) is 9.78 Å². The van der Waals surface area contributed by atoms with E-state index in [2.05, 4.69) is 15.0 Å². The summed E-state index contributed by atoms with van der Waals surface area (Å²) in [5.74, 6) is 0.902. The molecule has 0 radical (unpaired) electrons. The molecule has 25 heavy (non-hydrogen) atoms. The Kier molecular flexibility index (Phi) is 4.93. The molecule has 0 saturated carbocycles. The van der Waals surface area contributed by atoms with Gasteiger partial charge in [-0.1, -0.05) is 18.2 Å². The fourth-order valence-electron chi connectivity index (χ4n) is 2.81. The third-order valence-electron chi connectivity index (χ3n) is 4.18. The monoisotopic (exact) mass is 334 g/mol. The predicted octanol–water partition coefficient (Wildman–Crippen LogP) is 3.40. The number of nitrogens with zero attached hydrogens (tertiary/aromatic N) is 3. The molecule has 2 heterocycles. The first-order valence-electron chi connectivity index (χ1n) is 8.33. The first-order valence-corrected chi connectivity index (χ1v) is 8.33. The van der Waals surface area contributed by atoms with E-state index in [9.17, 15) is 4.79 Å². The van der Waals surface area contributed by atoms with E-state index in [4.69, 9.17) is 0 Å². The average Bonchev–Trinajstić information content (AvgIpc) is 2.98. The highest BCUT2D eigenvalue weighted by Crippen LogP contribution is 2.21. The van der Waals surface area contributed by atoms with Crippen LogP contribution in [0.3, 0.4) is 0 Å². The van der Waals surface area contributed by atoms with Crippen LogP contribution in [0.15, 0.2) is 48.7 Å². The molecule has 2 aromatic heterocycles. The van der Waals surface area contributed by atoms with Crippen LogP contribution < -0.4 is 0 Å². The number of amides is 1. The molecule has 1 N–H and O–H groups in total. The maximum absolute atomic E-state index is 12.6. The van der Waals surface area contributed by atoms with Crippen LogP contribution in [0, 0.1) is 13.8 Å². The Balaban J connectivity index is 1.67. The third kappa shape index (κ3) is 3.94. The van der Waals surface area contributed by atoms with Crippen molar-refractivity contribution in [3.05, 3.63) is 71.4 Å². The van der Waals surface area contributed by atoms with E-state index in [0.29, 0.717) is 12.1 Å². The molecule has 3 rings (SSSR count). The number of rotatable bonds is 5. The van der Waals surface area contributed by atoms with E-state index in [1.54, 1.807) is 11.1 Å². The first-order chi connectivity index (χ1) is 12.0. The second-order valence-electron chi connectivity index (χ2n) is 6.17. The Morgan fingerprint density at radius 3 is 2.48 bits per heavy atom. The minimum atomic E-state index is 0.0115. The molecule has 0 atom stereocenters. The lowest BCUT2D eigenvalue weighted by atomic mass is 10.1. The largest absolute Gasteiger partial charge is 0.346 e. The van der Waals surface area contributed by atoms with Crippen LogP contribution in [-0.4, -0.2) is 39.4 Å². The SMILES string of the molecule is Cc1nc(-c2ccc(C(=O)N(C)CCc3ccccn3)cc2)c(C)[nH]1. The van der Waals surface area contributed by atoms with Crippen LogP contribution in [-0.2, 0) is 6.42 Å². The number of aromatic amines is 1. The molecule has 0 spiro atoms. The Labute approximate surface area is 147 Å². The van der Waals surface area contributed by atoms with Crippen LogP contribution in [0.5, 0.6) is 0 Å². The molecule has 0 bridgehead atoms. The van der Waals surface area contributed by atoms with Gasteiger partial charge in [0.25, 0.3) is 5.91 Å². The summed E-state index contributed by atoms with van der Waals surface area (Å²) in [5, 5.41) is 0. The molecule has 1 amide bonds. The van der Waals surface area contributed by atoms with E-state index in [0.717, 1.165) is 34.9 Å². The summed E-state index contributed by atoms with van der Waals surface area (Å²) in [6, 6.07) is 13.4. The lowest BCUT2D eigenvalue weighted by molar-refractivity contribution is 0.0796. The van der Waals surface area contributed by atoms with Gasteiger partial charge in [-0.25, -0.2) is 4.98 Å². The number of pyridine rings is 1. The molecule has 1 aromatic carbocycles. The number of hydrogen-bond donors (Lipinski definition) is 1. The number of imidazole rings is 1. The van der Waals surface area contributed by atoms with Gasteiger partial charge in [0.05, 0.1) is 5.69 Å². The van der Waals surface area contributed by atoms with Crippen LogP contribution >= 0.6 is 0 Å². The summed E-state index contributed by atoms with van der Waals surface area (Å²) in [5.41, 5.74) is 4.64. The molecular weight excluding hydrogens is 312 g/mol. The number of hydrogen-bond acceptors (Lipinski definition) is 3. The Hall–Kier alpha value is -2.95. The summed E-state index contributed by atoms with van der Waals surface area (Å²) in [7, 11) is 1.82. The molecule has 0 saturated heterocycles. The third-order valence-corrected chi connectivity index (χ3v) is 4.18. The highest BCUT2D eigenvalue weighted by atomic mass is 16.2. The van der Waals surface area contributed by atoms with Gasteiger partial charge in [0.1, 0.15) is 5.82 Å². The smallest absolute Gasteiger partial charge is 0.253 e. The van der Waals surface area contributed by atoms with Crippen molar-refractivity contribution in [2.24, 2.45) is 0 Å². The molecule has 0 aliphatic rings. The van der Waals surface area contributed by atoms with Gasteiger partial charge in [-0.05, 0) is 38.1 Å². The van der Waals surface area contributed by atoms with E-state index in [1.165, 1.54) is 0 Å². The Bertz CT molecular complexity index is 853. The van der Waals surface area contributed by atoms with E-state index < -0.39 is 0 Å². The van der Waals surface area contributed by atoms with Crippen molar-refractivity contribution in [1.82, 2.24) is 19.9 Å². The van der Waals surface area contributed by atoms with Crippen molar-refractivity contribution in [3.8, 4) is 11.3 Å². The lowest BCUT2D eigenvalue weighted by Crippen LogP contribution is -2.28. The molecule has 0 aliphatic heterocycles. The average molecular weight is 334 g/mol. The van der Waals surface area contributed by atoms with E-state index in [-0.39, 0.29) is 5.91 Å². The molecule has 5 nitrogen and oxygen atoms in total. The number of likely N-dealkylation sites (N-methyl/N-ethyl adjacent to an activating group) is 1. The second kappa shape index (κ2) is 7.30. The van der Waals surface area contributed by atoms with Gasteiger partial charge in [0.2, 0.25) is 0 Å². The maximum Gasteiger partial charge on any atom is 0.253 e. The van der Waals surface area contributed by atoms with Crippen molar-refractivity contribution < 1.29 is 4.79 Å². The summed E-state index contributed by atoms with van der Waals surface area (Å²) in [6.45, 7) is 4.57. The summed E-state index contributed by atoms with van der Waals surface area (Å²) in [4.78, 5) is 26.3. The van der Waals surface area contributed by atoms with Crippen molar-refractivity contribution in [2.45, 2.75) is 20.3 Å². The number of aryl methyl sites for hydroxylation is 2. The van der Waals surface area contributed by atoms with Crippen LogP contribution in [0.1, 0.15) is 27.6 Å². The van der Waals surface area contributed by atoms with Gasteiger partial charge in [0, 0.05) is 48.7 Å². The number of benzene rings is 1. The van der Waals surface area contributed by atoms with Gasteiger partial charge in [0.15, 0.2) is 0 Å². The minimum Gasteiger partial charge on any atom is -0.346 e. The number of nitrogens with one attached hydrogen (secondary N) is 1. The van der Waals surface area contributed by atoms with Crippen molar-refractivity contribution >= 4 is 5.91 Å². The van der Waals surface area contributed by atoms with Crippen molar-refractivity contribution in [2.75, 3.05) is 13.6 Å². The predicted molar refractivity (Wildman–Crippen MR) is 98.4 cm³/mol. The molecule has 128 valence electrons. The molecular formula is C20H22N4O. The fraction of sp³-hybridized carbons (Fsp3) is 0.250. The van der Waals surface area contributed by atoms with Crippen LogP contribution in [0.2, 0.25) is 0 Å². The molecule has 0 aliphatic carbocycles. The fourth-order valence-corrected chi connectivity index (χ4v) is 2.81. The van der Waals surface area contributed by atoms with E-state index >= 15 is 0 Å². The molecule has 0 fully saturated rings. The second-order valence-corrected chi connectivity index (χ2v) is 6.17. The molecule has 3 aromatic rings. The van der Waals surface area contributed by atoms with Crippen molar-refractivity contribution in [3.63, 3.8) is 0 Å². The lowest BCUT2D eigenvalue weighted by Gasteiger charge is -2.17. The highest BCUT2D eigenvalue weighted by Gasteiger charge is 2.13. The van der Waals surface area contributed by atoms with Crippen LogP contribution in [0.25, 0.3) is 11.3 Å². The van der Waals surface area contributed by atoms with Gasteiger partial charge in [-0.2, -0.15) is 0 Å². The summed E-state index contributed by atoms with van der Waals surface area (Å²) < 4.78 is 0. The zero-order valence-corrected chi connectivity index (χ0v) is 14.8. The molecule has 5 heteroatoms. The maximum atomic E-state index is 12.6. The van der Waals surface area contributed by atoms with Crippen molar-refractivity contribution in [1.29, 1.82) is 0 Å². The zero-order chi connectivity index (χ0) is 17.8. The van der Waals surface area contributed by atoms with Gasteiger partial charge in [-0.15, -0.1) is 0 Å². The minimum absolute atomic E-state index is 0.0115. The molecule has 0 unspecified atom stereocenters. The zero-order valence-electron chi connectivity index (χ0n) is 14.8. The standard InChI is InChI=1S/C20H22N4O/c1-14-19(23-15(2)22-14)16-7-9-17(10-8-16)20(25)24(3)13-11-18-6-4-5-12-21-18/h4-10,12H,11,13H2,1-3H3,(H,22,23).